The first-order valence-corrected chi connectivity index (χ1v) is 13.8. The summed E-state index contributed by atoms with van der Waals surface area (Å²) in [6, 6.07) is 4.16. The number of ether oxygens (including phenoxy) is 1. The van der Waals surface area contributed by atoms with Gasteiger partial charge in [-0.15, -0.1) is 15.3 Å². The van der Waals surface area contributed by atoms with E-state index in [0.717, 1.165) is 25.5 Å². The first-order chi connectivity index (χ1) is 16.5. The molecule has 1 aliphatic carbocycles. The van der Waals surface area contributed by atoms with Crippen molar-refractivity contribution in [3.63, 3.8) is 0 Å². The van der Waals surface area contributed by atoms with Crippen molar-refractivity contribution in [2.45, 2.75) is 38.7 Å². The summed E-state index contributed by atoms with van der Waals surface area (Å²) >= 11 is 1.18. The van der Waals surface area contributed by atoms with Gasteiger partial charge in [0.25, 0.3) is 5.91 Å². The van der Waals surface area contributed by atoms with Crippen LogP contribution in [0.25, 0.3) is 10.2 Å². The molecule has 0 spiro atoms. The summed E-state index contributed by atoms with van der Waals surface area (Å²) in [7, 11) is -1.88. The summed E-state index contributed by atoms with van der Waals surface area (Å²) in [4.78, 5) is 21.4. The van der Waals surface area contributed by atoms with E-state index < -0.39 is 21.7 Å². The SMILES string of the molecule is Cc1c(C(N)=O)sc2ncnc(Nc3ccc(F)cc3OC3CCCCC3C=[N+](C)S(C)(=O)=O)c12. The maximum Gasteiger partial charge on any atom is 0.361 e. The van der Waals surface area contributed by atoms with E-state index in [9.17, 15) is 17.6 Å². The van der Waals surface area contributed by atoms with Crippen LogP contribution < -0.4 is 15.8 Å². The van der Waals surface area contributed by atoms with Crippen LogP contribution in [0.1, 0.15) is 40.9 Å². The molecule has 186 valence electrons. The molecule has 9 nitrogen and oxygen atoms in total. The summed E-state index contributed by atoms with van der Waals surface area (Å²) < 4.78 is 45.5. The van der Waals surface area contributed by atoms with Crippen LogP contribution in [0.5, 0.6) is 5.75 Å². The Kier molecular flexibility index (Phi) is 7.04. The third-order valence-electron chi connectivity index (χ3n) is 6.10. The highest BCUT2D eigenvalue weighted by Gasteiger charge is 2.30. The standard InChI is InChI=1S/C23H26FN5O4S2/c1-13-19-22(26-12-27-23(19)34-20(13)21(25)30)28-16-9-8-15(24)10-18(16)33-17-7-5-4-6-14(17)11-29(2)35(3,31)32/h8-12,14,17H,4-7H2,1-3H3,(H2-,25,26,27,28,30)/p+1. The van der Waals surface area contributed by atoms with Gasteiger partial charge in [0.1, 0.15) is 34.6 Å². The molecular formula is C23H27FN5O4S2+. The third-order valence-corrected chi connectivity index (χ3v) is 8.49. The van der Waals surface area contributed by atoms with E-state index in [0.29, 0.717) is 38.6 Å². The number of anilines is 2. The van der Waals surface area contributed by atoms with Crippen LogP contribution in [0.3, 0.4) is 0 Å². The maximum atomic E-state index is 14.2. The zero-order chi connectivity index (χ0) is 25.3. The highest BCUT2D eigenvalue weighted by molar-refractivity contribution is 7.84. The molecule has 1 aromatic carbocycles. The molecule has 2 aromatic heterocycles. The molecule has 3 aromatic rings. The van der Waals surface area contributed by atoms with Crippen molar-refractivity contribution in [3.05, 3.63) is 40.8 Å². The minimum Gasteiger partial charge on any atom is -0.487 e. The lowest BCUT2D eigenvalue weighted by Gasteiger charge is -2.29. The van der Waals surface area contributed by atoms with Crippen molar-refractivity contribution in [1.29, 1.82) is 0 Å². The van der Waals surface area contributed by atoms with E-state index >= 15 is 0 Å². The smallest absolute Gasteiger partial charge is 0.361 e. The van der Waals surface area contributed by atoms with Gasteiger partial charge in [-0.25, -0.2) is 14.4 Å². The number of nitrogens with one attached hydrogen (secondary N) is 1. The Morgan fingerprint density at radius 3 is 2.77 bits per heavy atom. The normalized spacial score (nSPS) is 19.0. The number of amides is 1. The number of thiophene rings is 1. The van der Waals surface area contributed by atoms with Crippen LogP contribution in [-0.4, -0.2) is 53.9 Å². The van der Waals surface area contributed by atoms with Gasteiger partial charge in [-0.3, -0.25) is 4.79 Å². The number of fused-ring (bicyclic) bond motifs is 1. The molecule has 2 atom stereocenters. The molecule has 1 fully saturated rings. The van der Waals surface area contributed by atoms with Crippen LogP contribution in [0, 0.1) is 18.7 Å². The number of hydrogen-bond donors (Lipinski definition) is 2. The number of halogens is 1. The van der Waals surface area contributed by atoms with Crippen molar-refractivity contribution >= 4 is 55.2 Å². The monoisotopic (exact) mass is 520 g/mol. The van der Waals surface area contributed by atoms with Crippen LogP contribution in [0.15, 0.2) is 24.5 Å². The summed E-state index contributed by atoms with van der Waals surface area (Å²) in [6.07, 6.45) is 7.21. The van der Waals surface area contributed by atoms with Crippen molar-refractivity contribution in [1.82, 2.24) is 9.97 Å². The van der Waals surface area contributed by atoms with Gasteiger partial charge in [-0.05, 0) is 43.9 Å². The number of sulfonamides is 1. The highest BCUT2D eigenvalue weighted by Crippen LogP contribution is 2.37. The van der Waals surface area contributed by atoms with E-state index in [-0.39, 0.29) is 17.8 Å². The molecule has 0 aliphatic heterocycles. The number of nitrogens with zero attached hydrogens (tertiary/aromatic N) is 3. The predicted octanol–water partition coefficient (Wildman–Crippen LogP) is 3.59. The van der Waals surface area contributed by atoms with Gasteiger partial charge in [0.05, 0.1) is 28.1 Å². The summed E-state index contributed by atoms with van der Waals surface area (Å²) in [6.45, 7) is 1.77. The number of nitrogens with two attached hydrogens (primary N) is 1. The van der Waals surface area contributed by atoms with E-state index in [1.807, 2.05) is 0 Å². The third kappa shape index (κ3) is 5.43. The van der Waals surface area contributed by atoms with Crippen LogP contribution >= 0.6 is 11.3 Å². The minimum absolute atomic E-state index is 0.150. The fraction of sp³-hybridized carbons (Fsp3) is 0.391. The molecule has 35 heavy (non-hydrogen) atoms. The molecule has 2 unspecified atom stereocenters. The lowest BCUT2D eigenvalue weighted by molar-refractivity contribution is -0.324. The predicted molar refractivity (Wildman–Crippen MR) is 134 cm³/mol. The van der Waals surface area contributed by atoms with Crippen molar-refractivity contribution in [2.24, 2.45) is 11.7 Å². The van der Waals surface area contributed by atoms with Crippen LogP contribution in [0.2, 0.25) is 0 Å². The summed E-state index contributed by atoms with van der Waals surface area (Å²) in [5.74, 6) is -0.433. The number of carbonyl (C=O) groups excluding carboxylic acids is 1. The lowest BCUT2D eigenvalue weighted by atomic mass is 9.87. The lowest BCUT2D eigenvalue weighted by Crippen LogP contribution is -2.34. The van der Waals surface area contributed by atoms with Crippen LogP contribution in [-0.2, 0) is 10.0 Å². The fourth-order valence-electron chi connectivity index (χ4n) is 4.21. The molecule has 2 heterocycles. The number of aryl methyl sites for hydroxylation is 1. The topological polar surface area (TPSA) is 127 Å². The van der Waals surface area contributed by atoms with Gasteiger partial charge < -0.3 is 15.8 Å². The van der Waals surface area contributed by atoms with E-state index in [1.54, 1.807) is 19.2 Å². The van der Waals surface area contributed by atoms with E-state index in [1.165, 1.54) is 40.8 Å². The Labute approximate surface area is 206 Å². The molecule has 3 N–H and O–H groups in total. The summed E-state index contributed by atoms with van der Waals surface area (Å²) in [5.41, 5.74) is 6.64. The number of primary amides is 1. The first kappa shape index (κ1) is 25.0. The van der Waals surface area contributed by atoms with Gasteiger partial charge >= 0.3 is 10.0 Å². The molecule has 0 saturated heterocycles. The molecule has 0 bridgehead atoms. The van der Waals surface area contributed by atoms with Gasteiger partial charge in [-0.2, -0.15) is 8.42 Å². The van der Waals surface area contributed by atoms with Crippen molar-refractivity contribution in [3.8, 4) is 5.75 Å². The Hall–Kier alpha value is -3.12. The molecule has 1 saturated carbocycles. The molecule has 4 rings (SSSR count). The minimum atomic E-state index is -3.38. The molecule has 12 heteroatoms. The Balaban J connectivity index is 1.68. The zero-order valence-corrected chi connectivity index (χ0v) is 21.2. The van der Waals surface area contributed by atoms with Crippen molar-refractivity contribution < 1.29 is 26.3 Å². The maximum absolute atomic E-state index is 14.2. The Bertz CT molecular complexity index is 1420. The summed E-state index contributed by atoms with van der Waals surface area (Å²) in [5, 5.41) is 3.85. The number of benzene rings is 1. The second kappa shape index (κ2) is 9.86. The van der Waals surface area contributed by atoms with E-state index in [2.05, 4.69) is 15.3 Å². The largest absolute Gasteiger partial charge is 0.487 e. The molecule has 1 amide bonds. The quantitative estimate of drug-likeness (QED) is 0.360. The fourth-order valence-corrected chi connectivity index (χ4v) is 5.59. The molecule has 0 radical (unpaired) electrons. The molecular weight excluding hydrogens is 493 g/mol. The van der Waals surface area contributed by atoms with Crippen molar-refractivity contribution in [2.75, 3.05) is 18.6 Å². The average molecular weight is 521 g/mol. The number of carbonyl (C=O) groups is 1. The highest BCUT2D eigenvalue weighted by atomic mass is 32.2. The number of aromatic nitrogens is 2. The number of hydrogen-bond acceptors (Lipinski definition) is 8. The first-order valence-electron chi connectivity index (χ1n) is 11.1. The average Bonchev–Trinajstić information content (AvgIpc) is 3.14. The van der Waals surface area contributed by atoms with E-state index in [4.69, 9.17) is 10.5 Å². The van der Waals surface area contributed by atoms with Gasteiger partial charge in [0.15, 0.2) is 13.3 Å². The van der Waals surface area contributed by atoms with Gasteiger partial charge in [0.2, 0.25) is 0 Å². The Morgan fingerprint density at radius 2 is 2.06 bits per heavy atom. The van der Waals surface area contributed by atoms with Crippen LogP contribution in [0.4, 0.5) is 15.9 Å². The Morgan fingerprint density at radius 1 is 1.31 bits per heavy atom. The zero-order valence-electron chi connectivity index (χ0n) is 19.6. The van der Waals surface area contributed by atoms with Gasteiger partial charge in [-0.1, -0.05) is 6.42 Å². The molecule has 1 aliphatic rings. The second-order valence-corrected chi connectivity index (χ2v) is 11.7. The number of rotatable bonds is 7. The second-order valence-electron chi connectivity index (χ2n) is 8.62. The van der Waals surface area contributed by atoms with Gasteiger partial charge in [0, 0.05) is 6.07 Å².